The Labute approximate surface area is 197 Å². The molecular weight excluding hydrogens is 436 g/mol. The van der Waals surface area contributed by atoms with Gasteiger partial charge in [-0.15, -0.1) is 11.8 Å². The minimum Gasteiger partial charge on any atom is -0.497 e. The summed E-state index contributed by atoms with van der Waals surface area (Å²) >= 11 is 1.76. The maximum atomic E-state index is 12.9. The summed E-state index contributed by atoms with van der Waals surface area (Å²) < 4.78 is 10.7. The van der Waals surface area contributed by atoms with E-state index in [1.807, 2.05) is 65.6 Å². The molecule has 0 radical (unpaired) electrons. The average Bonchev–Trinajstić information content (AvgIpc) is 3.17. The number of hydrogen-bond acceptors (Lipinski definition) is 7. The second-order valence-corrected chi connectivity index (χ2v) is 9.01. The second-order valence-electron chi connectivity index (χ2n) is 7.76. The van der Waals surface area contributed by atoms with Crippen LogP contribution in [0.25, 0.3) is 0 Å². The molecule has 0 aromatic heterocycles. The van der Waals surface area contributed by atoms with Crippen LogP contribution in [0, 0.1) is 0 Å². The maximum Gasteiger partial charge on any atom is 0.378 e. The van der Waals surface area contributed by atoms with Gasteiger partial charge in [0.2, 0.25) is 5.72 Å². The van der Waals surface area contributed by atoms with Gasteiger partial charge in [-0.1, -0.05) is 47.6 Å². The van der Waals surface area contributed by atoms with Crippen LogP contribution in [0.1, 0.15) is 29.7 Å². The fourth-order valence-electron chi connectivity index (χ4n) is 4.33. The van der Waals surface area contributed by atoms with E-state index in [0.717, 1.165) is 21.9 Å². The van der Waals surface area contributed by atoms with Gasteiger partial charge >= 0.3 is 5.97 Å². The summed E-state index contributed by atoms with van der Waals surface area (Å²) in [6.45, 7) is 2.03. The van der Waals surface area contributed by atoms with Crippen molar-refractivity contribution in [3.05, 3.63) is 90.0 Å². The summed E-state index contributed by atoms with van der Waals surface area (Å²) in [6, 6.07) is 26.1. The number of para-hydroxylation sites is 1. The van der Waals surface area contributed by atoms with Gasteiger partial charge in [0, 0.05) is 22.1 Å². The zero-order valence-corrected chi connectivity index (χ0v) is 19.2. The number of carbonyl (C=O) groups is 1. The number of methoxy groups -OCH3 is 1. The van der Waals surface area contributed by atoms with Crippen LogP contribution in [0.15, 0.2) is 88.9 Å². The number of fused-ring (bicyclic) bond motifs is 3. The van der Waals surface area contributed by atoms with E-state index in [2.05, 4.69) is 23.4 Å². The van der Waals surface area contributed by atoms with Crippen LogP contribution in [0.2, 0.25) is 0 Å². The number of esters is 1. The van der Waals surface area contributed by atoms with Crippen LogP contribution < -0.4 is 9.64 Å². The van der Waals surface area contributed by atoms with Crippen molar-refractivity contribution >= 4 is 29.3 Å². The fraction of sp³-hybridized carbons (Fsp3) is 0.231. The summed E-state index contributed by atoms with van der Waals surface area (Å²) in [4.78, 5) is 22.1. The first kappa shape index (κ1) is 21.4. The predicted octanol–water partition coefficient (Wildman–Crippen LogP) is 5.50. The van der Waals surface area contributed by atoms with Gasteiger partial charge < -0.3 is 14.3 Å². The van der Waals surface area contributed by atoms with Gasteiger partial charge in [0.05, 0.1) is 19.4 Å². The Morgan fingerprint density at radius 2 is 1.82 bits per heavy atom. The lowest BCUT2D eigenvalue weighted by Gasteiger charge is -2.37. The van der Waals surface area contributed by atoms with Crippen molar-refractivity contribution in [2.45, 2.75) is 29.2 Å². The Balaban J connectivity index is 1.71. The zero-order valence-electron chi connectivity index (χ0n) is 18.4. The third kappa shape index (κ3) is 3.72. The van der Waals surface area contributed by atoms with Crippen molar-refractivity contribution in [1.82, 2.24) is 0 Å². The molecule has 2 unspecified atom stereocenters. The SMILES string of the molecule is CCOC(=O)C1=NOC2(c3ccc(OC)cc3)CC(c3ccccc3)Sc3ccccc3N12. The van der Waals surface area contributed by atoms with Crippen molar-refractivity contribution in [3.8, 4) is 5.75 Å². The van der Waals surface area contributed by atoms with Gasteiger partial charge in [-0.2, -0.15) is 0 Å². The van der Waals surface area contributed by atoms with E-state index in [1.165, 1.54) is 5.56 Å². The fourth-order valence-corrected chi connectivity index (χ4v) is 5.67. The molecule has 0 saturated heterocycles. The molecule has 33 heavy (non-hydrogen) atoms. The van der Waals surface area contributed by atoms with Gasteiger partial charge in [0.15, 0.2) is 0 Å². The molecule has 3 aromatic carbocycles. The second kappa shape index (κ2) is 8.83. The molecule has 2 aliphatic heterocycles. The van der Waals surface area contributed by atoms with Gasteiger partial charge in [-0.05, 0) is 48.9 Å². The van der Waals surface area contributed by atoms with Crippen LogP contribution in [0.5, 0.6) is 5.75 Å². The molecule has 0 saturated carbocycles. The third-order valence-corrected chi connectivity index (χ3v) is 7.19. The standard InChI is InChI=1S/C26H24N2O4S/c1-3-31-25(29)24-27-32-26(19-13-15-20(30-2)16-14-19)17-23(18-9-5-4-6-10-18)33-22-12-8-7-11-21(22)28(24)26/h4-16,23H,3,17H2,1-2H3. The first-order valence-electron chi connectivity index (χ1n) is 10.8. The lowest BCUT2D eigenvalue weighted by Crippen LogP contribution is -2.49. The third-order valence-electron chi connectivity index (χ3n) is 5.86. The van der Waals surface area contributed by atoms with Crippen LogP contribution >= 0.6 is 11.8 Å². The molecule has 0 amide bonds. The van der Waals surface area contributed by atoms with Crippen molar-refractivity contribution < 1.29 is 19.1 Å². The van der Waals surface area contributed by atoms with Crippen molar-refractivity contribution in [2.75, 3.05) is 18.6 Å². The molecule has 0 aliphatic carbocycles. The smallest absolute Gasteiger partial charge is 0.378 e. The molecule has 0 fully saturated rings. The highest BCUT2D eigenvalue weighted by Crippen LogP contribution is 2.55. The number of carbonyl (C=O) groups excluding carboxylic acids is 1. The van der Waals surface area contributed by atoms with E-state index in [9.17, 15) is 4.79 Å². The molecule has 3 aromatic rings. The highest BCUT2D eigenvalue weighted by molar-refractivity contribution is 7.99. The number of ether oxygens (including phenoxy) is 2. The van der Waals surface area contributed by atoms with E-state index < -0.39 is 11.7 Å². The molecule has 6 nitrogen and oxygen atoms in total. The Bertz CT molecular complexity index is 1180. The maximum absolute atomic E-state index is 12.9. The molecule has 168 valence electrons. The van der Waals surface area contributed by atoms with E-state index in [1.54, 1.807) is 25.8 Å². The molecule has 0 spiro atoms. The lowest BCUT2D eigenvalue weighted by atomic mass is 9.92. The minimum atomic E-state index is -1.02. The van der Waals surface area contributed by atoms with Gasteiger partial charge in [0.1, 0.15) is 5.75 Å². The average molecular weight is 461 g/mol. The van der Waals surface area contributed by atoms with Crippen LogP contribution in [0.4, 0.5) is 5.69 Å². The Hall–Kier alpha value is -3.45. The molecule has 2 aliphatic rings. The zero-order chi connectivity index (χ0) is 22.8. The highest BCUT2D eigenvalue weighted by Gasteiger charge is 2.54. The molecular formula is C26H24N2O4S. The lowest BCUT2D eigenvalue weighted by molar-refractivity contribution is -0.135. The summed E-state index contributed by atoms with van der Waals surface area (Å²) in [6.07, 6.45) is 0.565. The quantitative estimate of drug-likeness (QED) is 0.469. The minimum absolute atomic E-state index is 0.0659. The Kier molecular flexibility index (Phi) is 5.72. The van der Waals surface area contributed by atoms with E-state index in [0.29, 0.717) is 6.42 Å². The summed E-state index contributed by atoms with van der Waals surface area (Å²) in [5, 5.41) is 4.35. The number of hydrogen-bond donors (Lipinski definition) is 0. The predicted molar refractivity (Wildman–Crippen MR) is 128 cm³/mol. The van der Waals surface area contributed by atoms with Gasteiger partial charge in [-0.3, -0.25) is 4.90 Å². The molecule has 5 rings (SSSR count). The van der Waals surface area contributed by atoms with E-state index >= 15 is 0 Å². The number of anilines is 1. The van der Waals surface area contributed by atoms with E-state index in [4.69, 9.17) is 14.3 Å². The Morgan fingerprint density at radius 3 is 2.55 bits per heavy atom. The van der Waals surface area contributed by atoms with Crippen LogP contribution in [-0.2, 0) is 20.1 Å². The summed E-state index contributed by atoms with van der Waals surface area (Å²) in [5.74, 6) is 0.384. The highest BCUT2D eigenvalue weighted by atomic mass is 32.2. The molecule has 2 heterocycles. The Morgan fingerprint density at radius 1 is 1.09 bits per heavy atom. The molecule has 2 atom stereocenters. The van der Waals surface area contributed by atoms with Gasteiger partial charge in [-0.25, -0.2) is 4.79 Å². The summed E-state index contributed by atoms with van der Waals surface area (Å²) in [7, 11) is 1.64. The molecule has 0 N–H and O–H groups in total. The van der Waals surface area contributed by atoms with Crippen molar-refractivity contribution in [3.63, 3.8) is 0 Å². The largest absolute Gasteiger partial charge is 0.497 e. The van der Waals surface area contributed by atoms with Crippen LogP contribution in [0.3, 0.4) is 0 Å². The topological polar surface area (TPSA) is 60.4 Å². The van der Waals surface area contributed by atoms with Crippen molar-refractivity contribution in [2.24, 2.45) is 5.16 Å². The normalized spacial score (nSPS) is 21.2. The molecule has 0 bridgehead atoms. The summed E-state index contributed by atoms with van der Waals surface area (Å²) in [5.41, 5.74) is 1.90. The number of rotatable bonds is 5. The van der Waals surface area contributed by atoms with E-state index in [-0.39, 0.29) is 17.7 Å². The van der Waals surface area contributed by atoms with Gasteiger partial charge in [0.25, 0.3) is 5.84 Å². The number of oxime groups is 1. The van der Waals surface area contributed by atoms with Crippen LogP contribution in [-0.4, -0.2) is 25.5 Å². The first-order valence-corrected chi connectivity index (χ1v) is 11.7. The number of thioether (sulfide) groups is 1. The monoisotopic (exact) mass is 460 g/mol. The number of nitrogens with zero attached hydrogens (tertiary/aromatic N) is 2. The number of amidine groups is 1. The molecule has 7 heteroatoms. The number of benzene rings is 3. The van der Waals surface area contributed by atoms with Crippen molar-refractivity contribution in [1.29, 1.82) is 0 Å². The first-order chi connectivity index (χ1) is 16.2.